The van der Waals surface area contributed by atoms with E-state index in [0.717, 1.165) is 109 Å². The summed E-state index contributed by atoms with van der Waals surface area (Å²) in [4.78, 5) is 38.0. The zero-order chi connectivity index (χ0) is 50.7. The standard InChI is InChI=1S/C64H110O6/c1-4-7-10-13-16-19-21-23-25-27-29-30-31-32-33-34-36-37-39-41-43-45-48-51-54-57-63(66)69-60-61(59-68-62(65)56-53-50-47-18-15-12-9-6-3)70-64(67)58-55-52-49-46-44-42-40-38-35-28-26-24-22-20-17-14-11-8-5-2/h8,11,17,20-21,23-24,26-27,29,31-32,35,38,61H,4-7,9-10,12-16,18-19,22,25,28,30,33-34,36-37,39-60H2,1-3H3/b11-8-,20-17-,23-21-,26-24-,29-27-,32-31-,38-35-. The van der Waals surface area contributed by atoms with Gasteiger partial charge in [0, 0.05) is 19.3 Å². The Morgan fingerprint density at radius 3 is 0.871 bits per heavy atom. The molecule has 0 rings (SSSR count). The van der Waals surface area contributed by atoms with Crippen molar-refractivity contribution in [3.63, 3.8) is 0 Å². The third-order valence-electron chi connectivity index (χ3n) is 12.6. The summed E-state index contributed by atoms with van der Waals surface area (Å²) < 4.78 is 16.8. The van der Waals surface area contributed by atoms with E-state index in [9.17, 15) is 14.4 Å². The summed E-state index contributed by atoms with van der Waals surface area (Å²) in [7, 11) is 0. The van der Waals surface area contributed by atoms with Crippen LogP contribution in [-0.2, 0) is 28.6 Å². The summed E-state index contributed by atoms with van der Waals surface area (Å²) in [5.74, 6) is -0.899. The Bertz CT molecular complexity index is 1350. The number of allylic oxidation sites excluding steroid dienone is 14. The number of unbranched alkanes of at least 4 members (excludes halogenated alkanes) is 28. The molecule has 0 radical (unpaired) electrons. The Balaban J connectivity index is 4.24. The van der Waals surface area contributed by atoms with Crippen molar-refractivity contribution in [2.24, 2.45) is 0 Å². The van der Waals surface area contributed by atoms with Gasteiger partial charge in [0.25, 0.3) is 0 Å². The Morgan fingerprint density at radius 2 is 0.557 bits per heavy atom. The SMILES string of the molecule is CC/C=C\C/C=C\C/C=C\C/C=C\CCCCCCCCC(=O)OC(COC(=O)CCCCCCCCCC)COC(=O)CCCCCCCCCCCC/C=C\C/C=C\C/C=C\CCCCCCC. The van der Waals surface area contributed by atoms with E-state index >= 15 is 0 Å². The molecule has 0 aliphatic carbocycles. The van der Waals surface area contributed by atoms with E-state index in [0.29, 0.717) is 19.3 Å². The molecule has 0 aromatic heterocycles. The number of esters is 3. The monoisotopic (exact) mass is 975 g/mol. The maximum atomic E-state index is 12.8. The summed E-state index contributed by atoms with van der Waals surface area (Å²) in [5.41, 5.74) is 0. The van der Waals surface area contributed by atoms with E-state index in [-0.39, 0.29) is 31.1 Å². The van der Waals surface area contributed by atoms with Gasteiger partial charge in [-0.05, 0) is 96.3 Å². The van der Waals surface area contributed by atoms with Crippen molar-refractivity contribution < 1.29 is 28.6 Å². The molecule has 0 aliphatic rings. The Labute approximate surface area is 433 Å². The van der Waals surface area contributed by atoms with Crippen LogP contribution in [0, 0.1) is 0 Å². The van der Waals surface area contributed by atoms with Crippen molar-refractivity contribution in [2.75, 3.05) is 13.2 Å². The molecular weight excluding hydrogens is 865 g/mol. The first-order valence-corrected chi connectivity index (χ1v) is 29.6. The fraction of sp³-hybridized carbons (Fsp3) is 0.734. The number of hydrogen-bond acceptors (Lipinski definition) is 6. The molecule has 0 fully saturated rings. The molecule has 0 saturated heterocycles. The van der Waals surface area contributed by atoms with E-state index in [1.807, 2.05) is 0 Å². The van der Waals surface area contributed by atoms with Gasteiger partial charge in [-0.2, -0.15) is 0 Å². The third-order valence-corrected chi connectivity index (χ3v) is 12.6. The molecule has 6 heteroatoms. The van der Waals surface area contributed by atoms with Gasteiger partial charge in [-0.25, -0.2) is 0 Å². The van der Waals surface area contributed by atoms with Crippen LogP contribution in [0.25, 0.3) is 0 Å². The summed E-state index contributed by atoms with van der Waals surface area (Å²) in [6.07, 6.45) is 75.9. The minimum absolute atomic E-state index is 0.0825. The third kappa shape index (κ3) is 55.5. The number of ether oxygens (including phenoxy) is 3. The lowest BCUT2D eigenvalue weighted by Crippen LogP contribution is -2.30. The van der Waals surface area contributed by atoms with Crippen molar-refractivity contribution in [3.05, 3.63) is 85.1 Å². The molecule has 0 aromatic carbocycles. The van der Waals surface area contributed by atoms with Crippen LogP contribution in [0.4, 0.5) is 0 Å². The highest BCUT2D eigenvalue weighted by Gasteiger charge is 2.19. The minimum Gasteiger partial charge on any atom is -0.462 e. The quantitative estimate of drug-likeness (QED) is 0.0261. The van der Waals surface area contributed by atoms with Gasteiger partial charge in [-0.3, -0.25) is 14.4 Å². The lowest BCUT2D eigenvalue weighted by molar-refractivity contribution is -0.167. The van der Waals surface area contributed by atoms with E-state index in [4.69, 9.17) is 14.2 Å². The summed E-state index contributed by atoms with van der Waals surface area (Å²) in [5, 5.41) is 0. The smallest absolute Gasteiger partial charge is 0.306 e. The molecule has 1 unspecified atom stereocenters. The van der Waals surface area contributed by atoms with Crippen LogP contribution in [0.3, 0.4) is 0 Å². The van der Waals surface area contributed by atoms with Gasteiger partial charge in [-0.1, -0.05) is 254 Å². The molecule has 0 aromatic rings. The predicted molar refractivity (Wildman–Crippen MR) is 302 cm³/mol. The van der Waals surface area contributed by atoms with Gasteiger partial charge < -0.3 is 14.2 Å². The number of hydrogen-bond donors (Lipinski definition) is 0. The first-order valence-electron chi connectivity index (χ1n) is 29.6. The van der Waals surface area contributed by atoms with Crippen LogP contribution in [0.2, 0.25) is 0 Å². The van der Waals surface area contributed by atoms with Gasteiger partial charge in [0.05, 0.1) is 0 Å². The second-order valence-electron chi connectivity index (χ2n) is 19.5. The zero-order valence-corrected chi connectivity index (χ0v) is 46.0. The van der Waals surface area contributed by atoms with Crippen molar-refractivity contribution in [2.45, 2.75) is 290 Å². The molecule has 0 saturated carbocycles. The van der Waals surface area contributed by atoms with E-state index < -0.39 is 6.10 Å². The molecule has 402 valence electrons. The number of carbonyl (C=O) groups is 3. The van der Waals surface area contributed by atoms with Crippen molar-refractivity contribution in [1.82, 2.24) is 0 Å². The number of rotatable bonds is 53. The normalized spacial score (nSPS) is 12.7. The largest absolute Gasteiger partial charge is 0.462 e. The molecule has 0 aliphatic heterocycles. The molecular formula is C64H110O6. The average molecular weight is 976 g/mol. The van der Waals surface area contributed by atoms with E-state index in [1.54, 1.807) is 0 Å². The molecule has 1 atom stereocenters. The van der Waals surface area contributed by atoms with Gasteiger partial charge in [0.15, 0.2) is 6.10 Å². The molecule has 0 N–H and O–H groups in total. The fourth-order valence-corrected chi connectivity index (χ4v) is 8.21. The van der Waals surface area contributed by atoms with E-state index in [2.05, 4.69) is 106 Å². The molecule has 0 spiro atoms. The van der Waals surface area contributed by atoms with Gasteiger partial charge in [0.1, 0.15) is 13.2 Å². The average Bonchev–Trinajstić information content (AvgIpc) is 3.36. The predicted octanol–water partition coefficient (Wildman–Crippen LogP) is 19.9. The molecule has 0 amide bonds. The maximum absolute atomic E-state index is 12.8. The van der Waals surface area contributed by atoms with Crippen molar-refractivity contribution >= 4 is 17.9 Å². The highest BCUT2D eigenvalue weighted by molar-refractivity contribution is 5.71. The summed E-state index contributed by atoms with van der Waals surface area (Å²) in [6.45, 7) is 6.48. The lowest BCUT2D eigenvalue weighted by Gasteiger charge is -2.18. The highest BCUT2D eigenvalue weighted by Crippen LogP contribution is 2.15. The Hall–Kier alpha value is -3.41. The number of carbonyl (C=O) groups excluding carboxylic acids is 3. The fourth-order valence-electron chi connectivity index (χ4n) is 8.21. The molecule has 0 heterocycles. The minimum atomic E-state index is -0.784. The van der Waals surface area contributed by atoms with Crippen molar-refractivity contribution in [3.8, 4) is 0 Å². The molecule has 0 bridgehead atoms. The van der Waals surface area contributed by atoms with Crippen LogP contribution in [0.5, 0.6) is 0 Å². The van der Waals surface area contributed by atoms with Gasteiger partial charge in [0.2, 0.25) is 0 Å². The van der Waals surface area contributed by atoms with Crippen LogP contribution < -0.4 is 0 Å². The van der Waals surface area contributed by atoms with Crippen LogP contribution in [0.1, 0.15) is 284 Å². The second kappa shape index (κ2) is 58.2. The second-order valence-corrected chi connectivity index (χ2v) is 19.5. The van der Waals surface area contributed by atoms with Crippen LogP contribution >= 0.6 is 0 Å². The van der Waals surface area contributed by atoms with Gasteiger partial charge in [-0.15, -0.1) is 0 Å². The molecule has 6 nitrogen and oxygen atoms in total. The Morgan fingerprint density at radius 1 is 0.300 bits per heavy atom. The first-order chi connectivity index (χ1) is 34.5. The maximum Gasteiger partial charge on any atom is 0.306 e. The van der Waals surface area contributed by atoms with Crippen molar-refractivity contribution in [1.29, 1.82) is 0 Å². The lowest BCUT2D eigenvalue weighted by atomic mass is 10.1. The topological polar surface area (TPSA) is 78.9 Å². The van der Waals surface area contributed by atoms with Crippen LogP contribution in [0.15, 0.2) is 85.1 Å². The zero-order valence-electron chi connectivity index (χ0n) is 46.0. The van der Waals surface area contributed by atoms with E-state index in [1.165, 1.54) is 135 Å². The highest BCUT2D eigenvalue weighted by atomic mass is 16.6. The Kier molecular flexibility index (Phi) is 55.3. The summed E-state index contributed by atoms with van der Waals surface area (Å²) in [6, 6.07) is 0. The molecule has 70 heavy (non-hydrogen) atoms. The first kappa shape index (κ1) is 66.6. The van der Waals surface area contributed by atoms with Gasteiger partial charge >= 0.3 is 17.9 Å². The summed E-state index contributed by atoms with van der Waals surface area (Å²) >= 11 is 0. The van der Waals surface area contributed by atoms with Crippen LogP contribution in [-0.4, -0.2) is 37.2 Å².